The van der Waals surface area contributed by atoms with Gasteiger partial charge >= 0.3 is 0 Å². The SMILES string of the molecule is [O-][NH+]1C=CN=CC1=S. The number of quaternary nitrogens is 1. The second kappa shape index (κ2) is 2.13. The largest absolute Gasteiger partial charge is 0.623 e. The Morgan fingerprint density at radius 2 is 2.50 bits per heavy atom. The minimum absolute atomic E-state index is 0.130. The van der Waals surface area contributed by atoms with E-state index in [1.807, 2.05) is 0 Å². The molecule has 8 heavy (non-hydrogen) atoms. The van der Waals surface area contributed by atoms with Gasteiger partial charge in [0.2, 0.25) is 4.99 Å². The Morgan fingerprint density at radius 3 is 2.88 bits per heavy atom. The summed E-state index contributed by atoms with van der Waals surface area (Å²) in [5, 5.41) is 10.3. The van der Waals surface area contributed by atoms with Crippen LogP contribution in [0.2, 0.25) is 0 Å². The average molecular weight is 128 g/mol. The Balaban J connectivity index is 2.74. The van der Waals surface area contributed by atoms with Crippen molar-refractivity contribution in [3.05, 3.63) is 17.6 Å². The third-order valence-electron chi connectivity index (χ3n) is 0.747. The zero-order valence-electron chi connectivity index (χ0n) is 4.00. The van der Waals surface area contributed by atoms with Crippen LogP contribution >= 0.6 is 12.2 Å². The van der Waals surface area contributed by atoms with E-state index in [2.05, 4.69) is 17.2 Å². The van der Waals surface area contributed by atoms with E-state index in [4.69, 9.17) is 0 Å². The number of thiocarbonyl (C=S) groups is 1. The number of rotatable bonds is 0. The first-order valence-electron chi connectivity index (χ1n) is 2.09. The molecule has 1 heterocycles. The first-order valence-corrected chi connectivity index (χ1v) is 2.49. The Bertz CT molecular complexity index is 163. The number of nitrogens with zero attached hydrogens (tertiary/aromatic N) is 1. The van der Waals surface area contributed by atoms with Crippen molar-refractivity contribution < 1.29 is 5.06 Å². The molecule has 1 rings (SSSR count). The fourth-order valence-electron chi connectivity index (χ4n) is 0.367. The molecular formula is C4H4N2OS. The lowest BCUT2D eigenvalue weighted by Gasteiger charge is -2.15. The van der Waals surface area contributed by atoms with Gasteiger partial charge in [0.1, 0.15) is 12.4 Å². The number of aliphatic imine (C=N–C) groups is 1. The van der Waals surface area contributed by atoms with Crippen LogP contribution in [-0.4, -0.2) is 11.2 Å². The summed E-state index contributed by atoms with van der Waals surface area (Å²) >= 11 is 4.58. The zero-order valence-corrected chi connectivity index (χ0v) is 4.81. The molecule has 0 fully saturated rings. The first-order chi connectivity index (χ1) is 3.80. The summed E-state index contributed by atoms with van der Waals surface area (Å²) in [5.74, 6) is 0. The van der Waals surface area contributed by atoms with Crippen LogP contribution in [0.1, 0.15) is 0 Å². The van der Waals surface area contributed by atoms with E-state index in [1.165, 1.54) is 18.6 Å². The van der Waals surface area contributed by atoms with Gasteiger partial charge in [-0.2, -0.15) is 0 Å². The Morgan fingerprint density at radius 1 is 1.75 bits per heavy atom. The summed E-state index contributed by atoms with van der Waals surface area (Å²) in [6.07, 6.45) is 4.15. The fourth-order valence-corrected chi connectivity index (χ4v) is 0.496. The summed E-state index contributed by atoms with van der Waals surface area (Å²) in [7, 11) is 0. The molecular weight excluding hydrogens is 124 g/mol. The lowest BCUT2D eigenvalue weighted by Crippen LogP contribution is -3.05. The molecule has 1 aliphatic heterocycles. The molecule has 0 aromatic heterocycles. The van der Waals surface area contributed by atoms with Gasteiger partial charge in [0.15, 0.2) is 0 Å². The second-order valence-corrected chi connectivity index (χ2v) is 1.76. The lowest BCUT2D eigenvalue weighted by atomic mass is 10.6. The minimum atomic E-state index is -0.130. The minimum Gasteiger partial charge on any atom is -0.623 e. The molecule has 0 saturated heterocycles. The highest BCUT2D eigenvalue weighted by Gasteiger charge is 2.00. The van der Waals surface area contributed by atoms with Gasteiger partial charge in [0.05, 0.1) is 6.20 Å². The summed E-state index contributed by atoms with van der Waals surface area (Å²) in [6, 6.07) is 0. The highest BCUT2D eigenvalue weighted by Crippen LogP contribution is 1.73. The lowest BCUT2D eigenvalue weighted by molar-refractivity contribution is -0.678. The normalized spacial score (nSPS) is 26.6. The molecule has 0 spiro atoms. The van der Waals surface area contributed by atoms with Crippen LogP contribution < -0.4 is 5.06 Å². The molecule has 1 aliphatic rings. The third-order valence-corrected chi connectivity index (χ3v) is 1.05. The van der Waals surface area contributed by atoms with Gasteiger partial charge in [-0.1, -0.05) is 0 Å². The quantitative estimate of drug-likeness (QED) is 0.344. The number of hydrogen-bond acceptors (Lipinski definition) is 3. The predicted molar refractivity (Wildman–Crippen MR) is 34.6 cm³/mol. The van der Waals surface area contributed by atoms with E-state index in [0.29, 0.717) is 0 Å². The van der Waals surface area contributed by atoms with E-state index >= 15 is 0 Å². The standard InChI is InChI=1S/C4H4N2OS/c7-6-2-1-5-3-4(6)8/h1-3,6H. The van der Waals surface area contributed by atoms with Crippen LogP contribution in [-0.2, 0) is 0 Å². The van der Waals surface area contributed by atoms with Crippen LogP contribution in [0.4, 0.5) is 0 Å². The summed E-state index contributed by atoms with van der Waals surface area (Å²) in [4.78, 5) is 3.93. The molecule has 1 unspecified atom stereocenters. The molecule has 0 saturated carbocycles. The van der Waals surface area contributed by atoms with Crippen molar-refractivity contribution >= 4 is 23.4 Å². The highest BCUT2D eigenvalue weighted by atomic mass is 32.1. The van der Waals surface area contributed by atoms with Crippen LogP contribution in [0.5, 0.6) is 0 Å². The molecule has 0 aromatic carbocycles. The molecule has 0 aliphatic carbocycles. The summed E-state index contributed by atoms with van der Waals surface area (Å²) in [5.41, 5.74) is 0. The van der Waals surface area contributed by atoms with Crippen molar-refractivity contribution in [2.24, 2.45) is 4.99 Å². The van der Waals surface area contributed by atoms with E-state index < -0.39 is 0 Å². The Labute approximate surface area is 51.9 Å². The molecule has 0 radical (unpaired) electrons. The van der Waals surface area contributed by atoms with E-state index in [9.17, 15) is 5.21 Å². The van der Waals surface area contributed by atoms with Crippen molar-refractivity contribution in [2.75, 3.05) is 0 Å². The molecule has 4 heteroatoms. The highest BCUT2D eigenvalue weighted by molar-refractivity contribution is 7.81. The third kappa shape index (κ3) is 0.975. The van der Waals surface area contributed by atoms with Crippen molar-refractivity contribution in [3.63, 3.8) is 0 Å². The summed E-state index contributed by atoms with van der Waals surface area (Å²) in [6.45, 7) is 0. The Kier molecular flexibility index (Phi) is 1.48. The number of nitrogens with one attached hydrogen (secondary N) is 1. The summed E-state index contributed by atoms with van der Waals surface area (Å²) < 4.78 is 0. The van der Waals surface area contributed by atoms with Gasteiger partial charge in [-0.15, -0.1) is 0 Å². The average Bonchev–Trinajstić information content (AvgIpc) is 1.77. The van der Waals surface area contributed by atoms with Gasteiger partial charge in [0.25, 0.3) is 0 Å². The fraction of sp³-hybridized carbons (Fsp3) is 0. The topological polar surface area (TPSA) is 39.9 Å². The maximum Gasteiger partial charge on any atom is 0.219 e. The van der Waals surface area contributed by atoms with Crippen molar-refractivity contribution in [1.29, 1.82) is 0 Å². The monoisotopic (exact) mass is 128 g/mol. The van der Waals surface area contributed by atoms with Gasteiger partial charge in [-0.05, 0) is 12.2 Å². The number of hydroxylamine groups is 2. The molecule has 42 valence electrons. The molecule has 3 nitrogen and oxygen atoms in total. The predicted octanol–water partition coefficient (Wildman–Crippen LogP) is -0.748. The van der Waals surface area contributed by atoms with Gasteiger partial charge in [-0.25, -0.2) is 0 Å². The van der Waals surface area contributed by atoms with Gasteiger partial charge < -0.3 is 10.3 Å². The zero-order chi connectivity index (χ0) is 5.98. The van der Waals surface area contributed by atoms with Crippen molar-refractivity contribution in [1.82, 2.24) is 0 Å². The van der Waals surface area contributed by atoms with Gasteiger partial charge in [0, 0.05) is 0 Å². The maximum absolute atomic E-state index is 10.5. The molecule has 1 atom stereocenters. The molecule has 0 aromatic rings. The van der Waals surface area contributed by atoms with E-state index in [-0.39, 0.29) is 10.1 Å². The van der Waals surface area contributed by atoms with Crippen LogP contribution in [0.3, 0.4) is 0 Å². The van der Waals surface area contributed by atoms with Crippen molar-refractivity contribution in [3.8, 4) is 0 Å². The molecule has 0 bridgehead atoms. The smallest absolute Gasteiger partial charge is 0.219 e. The van der Waals surface area contributed by atoms with E-state index in [1.54, 1.807) is 0 Å². The van der Waals surface area contributed by atoms with Crippen LogP contribution in [0.15, 0.2) is 17.4 Å². The van der Waals surface area contributed by atoms with Crippen LogP contribution in [0.25, 0.3) is 0 Å². The van der Waals surface area contributed by atoms with Crippen LogP contribution in [0, 0.1) is 5.21 Å². The van der Waals surface area contributed by atoms with Crippen molar-refractivity contribution in [2.45, 2.75) is 0 Å². The molecule has 0 amide bonds. The first kappa shape index (κ1) is 5.55. The van der Waals surface area contributed by atoms with E-state index in [0.717, 1.165) is 0 Å². The van der Waals surface area contributed by atoms with Gasteiger partial charge in [-0.3, -0.25) is 4.99 Å². The molecule has 1 N–H and O–H groups in total. The number of hydrogen-bond donors (Lipinski definition) is 1. The second-order valence-electron chi connectivity index (χ2n) is 1.32. The maximum atomic E-state index is 10.5. The Hall–Kier alpha value is -0.580.